The molecular weight excluding hydrogens is 279 g/mol. The highest BCUT2D eigenvalue weighted by atomic mass is 19.1. The number of benzene rings is 1. The van der Waals surface area contributed by atoms with E-state index >= 15 is 0 Å². The van der Waals surface area contributed by atoms with Gasteiger partial charge in [-0.15, -0.1) is 0 Å². The third kappa shape index (κ3) is 4.77. The molecule has 1 aromatic rings. The lowest BCUT2D eigenvalue weighted by Crippen LogP contribution is -2.38. The van der Waals surface area contributed by atoms with E-state index in [0.29, 0.717) is 6.10 Å². The summed E-state index contributed by atoms with van der Waals surface area (Å²) >= 11 is 0. The number of nitrogens with zero attached hydrogens (tertiary/aromatic N) is 2. The first-order valence-corrected chi connectivity index (χ1v) is 8.60. The molecule has 0 aromatic heterocycles. The van der Waals surface area contributed by atoms with Gasteiger partial charge in [-0.3, -0.25) is 9.80 Å². The van der Waals surface area contributed by atoms with Crippen LogP contribution < -0.4 is 0 Å². The maximum absolute atomic E-state index is 13.0. The van der Waals surface area contributed by atoms with Gasteiger partial charge in [-0.2, -0.15) is 0 Å². The van der Waals surface area contributed by atoms with Crippen molar-refractivity contribution in [3.63, 3.8) is 0 Å². The quantitative estimate of drug-likeness (QED) is 0.851. The maximum atomic E-state index is 13.0. The molecule has 0 aliphatic carbocycles. The average molecular weight is 306 g/mol. The predicted molar refractivity (Wildman–Crippen MR) is 86.3 cm³/mol. The number of hydrogen-bond donors (Lipinski definition) is 0. The van der Waals surface area contributed by atoms with E-state index in [1.807, 2.05) is 12.1 Å². The van der Waals surface area contributed by atoms with Crippen LogP contribution in [0.25, 0.3) is 0 Å². The molecule has 2 fully saturated rings. The Bertz CT molecular complexity index is 445. The highest BCUT2D eigenvalue weighted by Gasteiger charge is 2.20. The fourth-order valence-electron chi connectivity index (χ4n) is 3.45. The van der Waals surface area contributed by atoms with Crippen LogP contribution in [0.1, 0.15) is 31.2 Å². The third-order valence-electron chi connectivity index (χ3n) is 4.74. The molecule has 3 rings (SSSR count). The van der Waals surface area contributed by atoms with Crippen LogP contribution in [-0.4, -0.2) is 55.2 Å². The Hall–Kier alpha value is -0.970. The van der Waals surface area contributed by atoms with Crippen LogP contribution in [0.3, 0.4) is 0 Å². The molecule has 0 radical (unpaired) electrons. The minimum Gasteiger partial charge on any atom is -0.377 e. The lowest BCUT2D eigenvalue weighted by Gasteiger charge is -2.29. The molecule has 4 heteroatoms. The van der Waals surface area contributed by atoms with Crippen molar-refractivity contribution in [3.05, 3.63) is 35.6 Å². The highest BCUT2D eigenvalue weighted by Crippen LogP contribution is 2.16. The van der Waals surface area contributed by atoms with E-state index in [2.05, 4.69) is 9.80 Å². The Morgan fingerprint density at radius 3 is 2.50 bits per heavy atom. The zero-order valence-corrected chi connectivity index (χ0v) is 13.3. The van der Waals surface area contributed by atoms with Gasteiger partial charge in [-0.05, 0) is 56.5 Å². The molecule has 2 aliphatic rings. The molecule has 2 saturated heterocycles. The van der Waals surface area contributed by atoms with Gasteiger partial charge in [-0.25, -0.2) is 4.39 Å². The fraction of sp³-hybridized carbons (Fsp3) is 0.667. The van der Waals surface area contributed by atoms with E-state index in [-0.39, 0.29) is 5.82 Å². The SMILES string of the molecule is Fc1ccc(CN2CCCN(CC3CCCCO3)CC2)cc1. The van der Waals surface area contributed by atoms with Gasteiger partial charge in [0.25, 0.3) is 0 Å². The summed E-state index contributed by atoms with van der Waals surface area (Å²) in [6.07, 6.45) is 5.40. The normalized spacial score (nSPS) is 25.0. The molecule has 2 aliphatic heterocycles. The summed E-state index contributed by atoms with van der Waals surface area (Å²) in [7, 11) is 0. The summed E-state index contributed by atoms with van der Waals surface area (Å²) in [6, 6.07) is 6.90. The minimum atomic E-state index is -0.154. The summed E-state index contributed by atoms with van der Waals surface area (Å²) < 4.78 is 18.8. The second-order valence-corrected chi connectivity index (χ2v) is 6.55. The molecule has 22 heavy (non-hydrogen) atoms. The number of halogens is 1. The van der Waals surface area contributed by atoms with Crippen LogP contribution in [0.4, 0.5) is 4.39 Å². The lowest BCUT2D eigenvalue weighted by atomic mass is 10.1. The van der Waals surface area contributed by atoms with Crippen molar-refractivity contribution in [2.75, 3.05) is 39.3 Å². The highest BCUT2D eigenvalue weighted by molar-refractivity contribution is 5.15. The van der Waals surface area contributed by atoms with Crippen molar-refractivity contribution in [1.29, 1.82) is 0 Å². The van der Waals surface area contributed by atoms with Gasteiger partial charge in [0.1, 0.15) is 5.82 Å². The summed E-state index contributed by atoms with van der Waals surface area (Å²) in [6.45, 7) is 7.44. The minimum absolute atomic E-state index is 0.154. The van der Waals surface area contributed by atoms with Crippen LogP contribution in [0, 0.1) is 5.82 Å². The van der Waals surface area contributed by atoms with Gasteiger partial charge in [0.15, 0.2) is 0 Å². The molecule has 0 amide bonds. The Kier molecular flexibility index (Phi) is 5.82. The van der Waals surface area contributed by atoms with E-state index in [1.165, 1.54) is 37.8 Å². The third-order valence-corrected chi connectivity index (χ3v) is 4.74. The number of hydrogen-bond acceptors (Lipinski definition) is 3. The van der Waals surface area contributed by atoms with Gasteiger partial charge in [0.05, 0.1) is 6.10 Å². The molecular formula is C18H27FN2O. The van der Waals surface area contributed by atoms with Crippen molar-refractivity contribution >= 4 is 0 Å². The van der Waals surface area contributed by atoms with E-state index in [1.54, 1.807) is 12.1 Å². The molecule has 0 spiro atoms. The smallest absolute Gasteiger partial charge is 0.123 e. The van der Waals surface area contributed by atoms with Crippen molar-refractivity contribution < 1.29 is 9.13 Å². The first kappa shape index (κ1) is 15.9. The monoisotopic (exact) mass is 306 g/mol. The van der Waals surface area contributed by atoms with Crippen molar-refractivity contribution in [1.82, 2.24) is 9.80 Å². The first-order valence-electron chi connectivity index (χ1n) is 8.60. The molecule has 3 nitrogen and oxygen atoms in total. The Labute approximate surface area is 133 Å². The van der Waals surface area contributed by atoms with Crippen molar-refractivity contribution in [2.45, 2.75) is 38.3 Å². The molecule has 1 atom stereocenters. The van der Waals surface area contributed by atoms with Gasteiger partial charge in [0, 0.05) is 32.8 Å². The van der Waals surface area contributed by atoms with Gasteiger partial charge in [0.2, 0.25) is 0 Å². The lowest BCUT2D eigenvalue weighted by molar-refractivity contribution is -0.00500. The van der Waals surface area contributed by atoms with E-state index < -0.39 is 0 Å². The van der Waals surface area contributed by atoms with Gasteiger partial charge >= 0.3 is 0 Å². The summed E-state index contributed by atoms with van der Waals surface area (Å²) in [5.74, 6) is -0.154. The Morgan fingerprint density at radius 2 is 1.73 bits per heavy atom. The Morgan fingerprint density at radius 1 is 0.955 bits per heavy atom. The zero-order chi connectivity index (χ0) is 15.2. The average Bonchev–Trinajstić information content (AvgIpc) is 2.76. The Balaban J connectivity index is 1.46. The summed E-state index contributed by atoms with van der Waals surface area (Å²) in [5.41, 5.74) is 1.20. The molecule has 0 N–H and O–H groups in total. The molecule has 0 saturated carbocycles. The van der Waals surface area contributed by atoms with Crippen LogP contribution >= 0.6 is 0 Å². The molecule has 1 aromatic carbocycles. The van der Waals surface area contributed by atoms with Crippen LogP contribution in [0.5, 0.6) is 0 Å². The largest absolute Gasteiger partial charge is 0.377 e. The van der Waals surface area contributed by atoms with Crippen LogP contribution in [-0.2, 0) is 11.3 Å². The zero-order valence-electron chi connectivity index (χ0n) is 13.3. The summed E-state index contributed by atoms with van der Waals surface area (Å²) in [4.78, 5) is 5.04. The van der Waals surface area contributed by atoms with Gasteiger partial charge in [-0.1, -0.05) is 12.1 Å². The first-order chi connectivity index (χ1) is 10.8. The topological polar surface area (TPSA) is 15.7 Å². The second kappa shape index (κ2) is 8.04. The van der Waals surface area contributed by atoms with Crippen molar-refractivity contribution in [2.24, 2.45) is 0 Å². The molecule has 2 heterocycles. The van der Waals surface area contributed by atoms with E-state index in [0.717, 1.165) is 39.3 Å². The molecule has 1 unspecified atom stereocenters. The number of rotatable bonds is 4. The van der Waals surface area contributed by atoms with Gasteiger partial charge < -0.3 is 4.74 Å². The maximum Gasteiger partial charge on any atom is 0.123 e. The van der Waals surface area contributed by atoms with E-state index in [4.69, 9.17) is 4.74 Å². The number of ether oxygens (including phenoxy) is 1. The predicted octanol–water partition coefficient (Wildman–Crippen LogP) is 2.90. The standard InChI is InChI=1S/C18H27FN2O/c19-17-7-5-16(6-8-17)14-20-9-3-10-21(12-11-20)15-18-4-1-2-13-22-18/h5-8,18H,1-4,9-15H2. The van der Waals surface area contributed by atoms with Crippen molar-refractivity contribution in [3.8, 4) is 0 Å². The summed E-state index contributed by atoms with van der Waals surface area (Å²) in [5, 5.41) is 0. The van der Waals surface area contributed by atoms with Crippen LogP contribution in [0.2, 0.25) is 0 Å². The molecule has 0 bridgehead atoms. The van der Waals surface area contributed by atoms with Crippen LogP contribution in [0.15, 0.2) is 24.3 Å². The fourth-order valence-corrected chi connectivity index (χ4v) is 3.45. The molecule has 122 valence electrons. The second-order valence-electron chi connectivity index (χ2n) is 6.55. The van der Waals surface area contributed by atoms with E-state index in [9.17, 15) is 4.39 Å².